The van der Waals surface area contributed by atoms with Crippen molar-refractivity contribution in [2.24, 2.45) is 0 Å². The smallest absolute Gasteiger partial charge is 0.320 e. The summed E-state index contributed by atoms with van der Waals surface area (Å²) in [7, 11) is 3.21. The lowest BCUT2D eigenvalue weighted by Gasteiger charge is -2.24. The molecule has 2 aromatic rings. The van der Waals surface area contributed by atoms with Crippen molar-refractivity contribution in [2.75, 3.05) is 27.3 Å². The van der Waals surface area contributed by atoms with E-state index in [-0.39, 0.29) is 18.5 Å². The molecular weight excluding hydrogens is 372 g/mol. The van der Waals surface area contributed by atoms with Crippen LogP contribution in [-0.4, -0.2) is 55.2 Å². The first kappa shape index (κ1) is 20.7. The molecule has 2 aromatic carbocycles. The molecule has 1 amide bonds. The Kier molecular flexibility index (Phi) is 6.72. The van der Waals surface area contributed by atoms with Gasteiger partial charge in [-0.15, -0.1) is 0 Å². The van der Waals surface area contributed by atoms with Gasteiger partial charge in [-0.25, -0.2) is 0 Å². The van der Waals surface area contributed by atoms with Crippen LogP contribution in [0.4, 0.5) is 0 Å². The lowest BCUT2D eigenvalue weighted by atomic mass is 9.98. The van der Waals surface area contributed by atoms with Gasteiger partial charge in [0, 0.05) is 0 Å². The lowest BCUT2D eigenvalue weighted by Crippen LogP contribution is -2.43. The van der Waals surface area contributed by atoms with Crippen molar-refractivity contribution >= 4 is 11.9 Å². The second-order valence-electron chi connectivity index (χ2n) is 7.01. The highest BCUT2D eigenvalue weighted by Crippen LogP contribution is 2.26. The van der Waals surface area contributed by atoms with Crippen molar-refractivity contribution in [3.8, 4) is 11.5 Å². The third kappa shape index (κ3) is 5.06. The Balaban J connectivity index is 1.80. The Bertz CT molecular complexity index is 788. The first-order chi connectivity index (χ1) is 14.0. The summed E-state index contributed by atoms with van der Waals surface area (Å²) in [5.41, 5.74) is 1.81. The molecule has 0 spiro atoms. The number of carbonyl (C=O) groups excluding carboxylic acids is 1. The average Bonchev–Trinajstić information content (AvgIpc) is 3.20. The summed E-state index contributed by atoms with van der Waals surface area (Å²) in [6.07, 6.45) is 1.35. The van der Waals surface area contributed by atoms with Crippen LogP contribution in [-0.2, 0) is 9.59 Å². The summed E-state index contributed by atoms with van der Waals surface area (Å²) in [5.74, 6) is 0.372. The maximum atomic E-state index is 12.8. The second kappa shape index (κ2) is 9.43. The number of carboxylic acids is 1. The predicted molar refractivity (Wildman–Crippen MR) is 108 cm³/mol. The maximum Gasteiger partial charge on any atom is 0.320 e. The highest BCUT2D eigenvalue weighted by Gasteiger charge is 2.32. The van der Waals surface area contributed by atoms with Gasteiger partial charge in [-0.3, -0.25) is 14.5 Å². The Morgan fingerprint density at radius 1 is 1.03 bits per heavy atom. The first-order valence-electron chi connectivity index (χ1n) is 9.56. The fraction of sp³-hybridized carbons (Fsp3) is 0.364. The van der Waals surface area contributed by atoms with Gasteiger partial charge in [0.05, 0.1) is 26.8 Å². The first-order valence-corrected chi connectivity index (χ1v) is 9.56. The number of carbonyl (C=O) groups is 2. The minimum absolute atomic E-state index is 0.0553. The van der Waals surface area contributed by atoms with Crippen LogP contribution in [0.5, 0.6) is 11.5 Å². The average molecular weight is 398 g/mol. The molecule has 1 heterocycles. The third-order valence-corrected chi connectivity index (χ3v) is 5.20. The SMILES string of the molecule is COc1ccc(C(NC(=O)CN2CCC[C@@H]2C(=O)O)c2ccc(OC)cc2)cc1. The maximum absolute atomic E-state index is 12.8. The molecule has 1 saturated heterocycles. The van der Waals surface area contributed by atoms with Crippen LogP contribution >= 0.6 is 0 Å². The Hall–Kier alpha value is -3.06. The van der Waals surface area contributed by atoms with Crippen molar-refractivity contribution in [3.05, 3.63) is 59.7 Å². The second-order valence-corrected chi connectivity index (χ2v) is 7.01. The molecule has 1 atom stereocenters. The van der Waals surface area contributed by atoms with E-state index in [1.54, 1.807) is 19.1 Å². The number of likely N-dealkylation sites (tertiary alicyclic amines) is 1. The van der Waals surface area contributed by atoms with Gasteiger partial charge in [0.2, 0.25) is 5.91 Å². The summed E-state index contributed by atoms with van der Waals surface area (Å²) < 4.78 is 10.4. The zero-order chi connectivity index (χ0) is 20.8. The van der Waals surface area contributed by atoms with E-state index in [9.17, 15) is 14.7 Å². The van der Waals surface area contributed by atoms with Gasteiger partial charge in [0.25, 0.3) is 0 Å². The van der Waals surface area contributed by atoms with Crippen LogP contribution in [0, 0.1) is 0 Å². The molecule has 1 fully saturated rings. The van der Waals surface area contributed by atoms with Crippen LogP contribution in [0.25, 0.3) is 0 Å². The normalized spacial score (nSPS) is 16.6. The van der Waals surface area contributed by atoms with Crippen LogP contribution in [0.2, 0.25) is 0 Å². The van der Waals surface area contributed by atoms with Crippen molar-refractivity contribution in [1.29, 1.82) is 0 Å². The number of methoxy groups -OCH3 is 2. The topological polar surface area (TPSA) is 88.1 Å². The molecule has 1 aliphatic rings. The number of ether oxygens (including phenoxy) is 2. The molecule has 3 rings (SSSR count). The number of aliphatic carboxylic acids is 1. The number of hydrogen-bond acceptors (Lipinski definition) is 5. The summed E-state index contributed by atoms with van der Waals surface area (Å²) in [6, 6.07) is 14.0. The molecule has 1 aliphatic heterocycles. The quantitative estimate of drug-likeness (QED) is 0.710. The Labute approximate surface area is 170 Å². The van der Waals surface area contributed by atoms with E-state index in [0.717, 1.165) is 29.0 Å². The van der Waals surface area contributed by atoms with Crippen molar-refractivity contribution in [2.45, 2.75) is 24.9 Å². The molecule has 0 radical (unpaired) electrons. The van der Waals surface area contributed by atoms with Crippen LogP contribution in [0.15, 0.2) is 48.5 Å². The van der Waals surface area contributed by atoms with Gasteiger partial charge >= 0.3 is 5.97 Å². The molecule has 2 N–H and O–H groups in total. The predicted octanol–water partition coefficient (Wildman–Crippen LogP) is 2.46. The van der Waals surface area contributed by atoms with E-state index in [1.807, 2.05) is 48.5 Å². The fourth-order valence-corrected chi connectivity index (χ4v) is 3.64. The van der Waals surface area contributed by atoms with Crippen molar-refractivity contribution in [1.82, 2.24) is 10.2 Å². The van der Waals surface area contributed by atoms with E-state index in [4.69, 9.17) is 9.47 Å². The number of nitrogens with zero attached hydrogens (tertiary/aromatic N) is 1. The molecule has 7 nitrogen and oxygen atoms in total. The van der Waals surface area contributed by atoms with Crippen molar-refractivity contribution < 1.29 is 24.2 Å². The monoisotopic (exact) mass is 398 g/mol. The molecule has 29 heavy (non-hydrogen) atoms. The standard InChI is InChI=1S/C22H26N2O5/c1-28-17-9-5-15(6-10-17)21(16-7-11-18(29-2)12-8-16)23-20(25)14-24-13-3-4-19(24)22(26)27/h5-12,19,21H,3-4,13-14H2,1-2H3,(H,23,25)(H,26,27)/t19-/m1/s1. The van der Waals surface area contributed by atoms with Crippen LogP contribution < -0.4 is 14.8 Å². The van der Waals surface area contributed by atoms with Crippen LogP contribution in [0.3, 0.4) is 0 Å². The van der Waals surface area contributed by atoms with Crippen LogP contribution in [0.1, 0.15) is 30.0 Å². The van der Waals surface area contributed by atoms with Gasteiger partial charge in [-0.05, 0) is 54.8 Å². The molecule has 154 valence electrons. The molecule has 0 saturated carbocycles. The number of benzene rings is 2. The van der Waals surface area contributed by atoms with Gasteiger partial charge in [-0.2, -0.15) is 0 Å². The molecule has 0 aliphatic carbocycles. The Morgan fingerprint density at radius 2 is 1.55 bits per heavy atom. The van der Waals surface area contributed by atoms with Gasteiger partial charge in [0.1, 0.15) is 17.5 Å². The lowest BCUT2D eigenvalue weighted by molar-refractivity contribution is -0.142. The highest BCUT2D eigenvalue weighted by molar-refractivity contribution is 5.81. The molecular formula is C22H26N2O5. The van der Waals surface area contributed by atoms with E-state index in [2.05, 4.69) is 5.32 Å². The summed E-state index contributed by atoms with van der Waals surface area (Å²) in [5, 5.41) is 12.4. The van der Waals surface area contributed by atoms with E-state index < -0.39 is 12.0 Å². The van der Waals surface area contributed by atoms with Gasteiger partial charge in [0.15, 0.2) is 0 Å². The van der Waals surface area contributed by atoms with Gasteiger partial charge in [-0.1, -0.05) is 24.3 Å². The van der Waals surface area contributed by atoms with E-state index in [0.29, 0.717) is 13.0 Å². The summed E-state index contributed by atoms with van der Waals surface area (Å²) in [4.78, 5) is 25.9. The number of carboxylic acid groups (broad SMARTS) is 1. The summed E-state index contributed by atoms with van der Waals surface area (Å²) >= 11 is 0. The summed E-state index contributed by atoms with van der Waals surface area (Å²) in [6.45, 7) is 0.667. The largest absolute Gasteiger partial charge is 0.497 e. The van der Waals surface area contributed by atoms with E-state index >= 15 is 0 Å². The Morgan fingerprint density at radius 3 is 2.00 bits per heavy atom. The molecule has 0 bridgehead atoms. The number of nitrogens with one attached hydrogen (secondary N) is 1. The number of hydrogen-bond donors (Lipinski definition) is 2. The molecule has 7 heteroatoms. The highest BCUT2D eigenvalue weighted by atomic mass is 16.5. The number of rotatable bonds is 8. The van der Waals surface area contributed by atoms with Crippen molar-refractivity contribution in [3.63, 3.8) is 0 Å². The van der Waals surface area contributed by atoms with E-state index in [1.165, 1.54) is 0 Å². The van der Waals surface area contributed by atoms with Gasteiger partial charge < -0.3 is 19.9 Å². The minimum atomic E-state index is -0.878. The zero-order valence-corrected chi connectivity index (χ0v) is 16.6. The fourth-order valence-electron chi connectivity index (χ4n) is 3.64. The zero-order valence-electron chi connectivity index (χ0n) is 16.6. The third-order valence-electron chi connectivity index (χ3n) is 5.20. The molecule has 0 unspecified atom stereocenters. The number of amides is 1. The molecule has 0 aromatic heterocycles. The minimum Gasteiger partial charge on any atom is -0.497 e.